The molecule has 0 saturated heterocycles. The summed E-state index contributed by atoms with van der Waals surface area (Å²) in [7, 11) is 0. The van der Waals surface area contributed by atoms with Crippen LogP contribution in [0.1, 0.15) is 0 Å². The third-order valence-corrected chi connectivity index (χ3v) is 1.34. The van der Waals surface area contributed by atoms with Gasteiger partial charge >= 0.3 is 6.01 Å². The normalized spacial score (nSPS) is 14.1. The van der Waals surface area contributed by atoms with Gasteiger partial charge in [-0.1, -0.05) is 12.1 Å². The van der Waals surface area contributed by atoms with Crippen molar-refractivity contribution in [1.82, 2.24) is 0 Å². The van der Waals surface area contributed by atoms with E-state index in [0.717, 1.165) is 6.26 Å². The van der Waals surface area contributed by atoms with Crippen LogP contribution >= 0.6 is 0 Å². The summed E-state index contributed by atoms with van der Waals surface area (Å²) in [5.41, 5.74) is 0. The number of ether oxygens (including phenoxy) is 2. The fraction of sp³-hybridized carbons (Fsp3) is 0. The van der Waals surface area contributed by atoms with Gasteiger partial charge < -0.3 is 9.47 Å². The van der Waals surface area contributed by atoms with Crippen LogP contribution in [0.4, 0.5) is 4.39 Å². The molecule has 0 N–H and O–H groups in total. The van der Waals surface area contributed by atoms with Crippen LogP contribution in [0.15, 0.2) is 36.5 Å². The maximum atomic E-state index is 12.4. The lowest BCUT2D eigenvalue weighted by atomic mass is 10.3. The van der Waals surface area contributed by atoms with E-state index in [1.165, 1.54) is 0 Å². The molecule has 0 aromatic heterocycles. The molecule has 1 aliphatic rings. The molecular formula is C8H5FO2. The fourth-order valence-electron chi connectivity index (χ4n) is 0.871. The number of hydrogen-bond donors (Lipinski definition) is 0. The Morgan fingerprint density at radius 3 is 2.64 bits per heavy atom. The minimum atomic E-state index is -0.719. The minimum Gasteiger partial charge on any atom is -0.455 e. The van der Waals surface area contributed by atoms with Gasteiger partial charge in [0.1, 0.15) is 0 Å². The summed E-state index contributed by atoms with van der Waals surface area (Å²) in [6.07, 6.45) is 0.933. The van der Waals surface area contributed by atoms with E-state index in [2.05, 4.69) is 0 Å². The Hall–Kier alpha value is -1.51. The number of benzene rings is 1. The second-order valence-electron chi connectivity index (χ2n) is 2.09. The predicted octanol–water partition coefficient (Wildman–Crippen LogP) is 2.23. The molecule has 0 amide bonds. The first-order valence-electron chi connectivity index (χ1n) is 3.15. The van der Waals surface area contributed by atoms with Crippen molar-refractivity contribution in [3.05, 3.63) is 36.5 Å². The molecule has 0 radical (unpaired) electrons. The van der Waals surface area contributed by atoms with Crippen LogP contribution in [-0.4, -0.2) is 0 Å². The van der Waals surface area contributed by atoms with E-state index in [1.807, 2.05) is 0 Å². The van der Waals surface area contributed by atoms with E-state index in [0.29, 0.717) is 11.5 Å². The van der Waals surface area contributed by atoms with E-state index in [-0.39, 0.29) is 0 Å². The number of para-hydroxylation sites is 2. The molecule has 1 heterocycles. The average molecular weight is 152 g/mol. The molecule has 56 valence electrons. The van der Waals surface area contributed by atoms with Gasteiger partial charge in [0.05, 0.1) is 0 Å². The molecule has 0 bridgehead atoms. The smallest absolute Gasteiger partial charge is 0.314 e. The van der Waals surface area contributed by atoms with Gasteiger partial charge in [-0.2, -0.15) is 4.39 Å². The van der Waals surface area contributed by atoms with Crippen molar-refractivity contribution in [3.8, 4) is 11.5 Å². The topological polar surface area (TPSA) is 18.5 Å². The van der Waals surface area contributed by atoms with Gasteiger partial charge in [0.2, 0.25) is 0 Å². The zero-order valence-corrected chi connectivity index (χ0v) is 5.58. The molecule has 0 fully saturated rings. The molecule has 0 saturated carbocycles. The highest BCUT2D eigenvalue weighted by Crippen LogP contribution is 2.31. The highest BCUT2D eigenvalue weighted by molar-refractivity contribution is 5.42. The van der Waals surface area contributed by atoms with Crippen molar-refractivity contribution in [2.24, 2.45) is 0 Å². The van der Waals surface area contributed by atoms with Gasteiger partial charge in [0.25, 0.3) is 0 Å². The van der Waals surface area contributed by atoms with Crippen LogP contribution in [0, 0.1) is 0 Å². The van der Waals surface area contributed by atoms with Crippen molar-refractivity contribution in [2.45, 2.75) is 0 Å². The third-order valence-electron chi connectivity index (χ3n) is 1.34. The first kappa shape index (κ1) is 6.22. The van der Waals surface area contributed by atoms with Crippen LogP contribution < -0.4 is 9.47 Å². The van der Waals surface area contributed by atoms with Gasteiger partial charge in [0.15, 0.2) is 17.8 Å². The molecule has 2 nitrogen and oxygen atoms in total. The van der Waals surface area contributed by atoms with Crippen LogP contribution in [0.5, 0.6) is 11.5 Å². The monoisotopic (exact) mass is 152 g/mol. The van der Waals surface area contributed by atoms with Gasteiger partial charge in [0, 0.05) is 0 Å². The van der Waals surface area contributed by atoms with E-state index in [1.54, 1.807) is 24.3 Å². The maximum absolute atomic E-state index is 12.4. The van der Waals surface area contributed by atoms with Crippen LogP contribution in [0.3, 0.4) is 0 Å². The maximum Gasteiger partial charge on any atom is 0.314 e. The highest BCUT2D eigenvalue weighted by atomic mass is 19.1. The van der Waals surface area contributed by atoms with Gasteiger partial charge in [-0.15, -0.1) is 0 Å². The van der Waals surface area contributed by atoms with Crippen molar-refractivity contribution >= 4 is 0 Å². The van der Waals surface area contributed by atoms with Crippen LogP contribution in [0.2, 0.25) is 0 Å². The van der Waals surface area contributed by atoms with E-state index < -0.39 is 6.01 Å². The first-order valence-corrected chi connectivity index (χ1v) is 3.15. The lowest BCUT2D eigenvalue weighted by molar-refractivity contribution is 0.242. The van der Waals surface area contributed by atoms with Gasteiger partial charge in [-0.25, -0.2) is 0 Å². The fourth-order valence-corrected chi connectivity index (χ4v) is 0.871. The zero-order chi connectivity index (χ0) is 7.68. The number of hydrogen-bond acceptors (Lipinski definition) is 2. The number of halogens is 1. The Morgan fingerprint density at radius 1 is 1.09 bits per heavy atom. The lowest BCUT2D eigenvalue weighted by Gasteiger charge is -2.12. The summed E-state index contributed by atoms with van der Waals surface area (Å²) >= 11 is 0. The predicted molar refractivity (Wildman–Crippen MR) is 36.9 cm³/mol. The summed E-state index contributed by atoms with van der Waals surface area (Å²) in [5, 5.41) is 0. The van der Waals surface area contributed by atoms with E-state index >= 15 is 0 Å². The Balaban J connectivity index is 2.42. The summed E-state index contributed by atoms with van der Waals surface area (Å²) in [6, 6.07) is 6.17. The number of fused-ring (bicyclic) bond motifs is 1. The molecule has 11 heavy (non-hydrogen) atoms. The first-order chi connectivity index (χ1) is 5.36. The van der Waals surface area contributed by atoms with Crippen molar-refractivity contribution in [3.63, 3.8) is 0 Å². The Kier molecular flexibility index (Phi) is 1.28. The van der Waals surface area contributed by atoms with E-state index in [4.69, 9.17) is 9.47 Å². The molecule has 1 aliphatic heterocycles. The largest absolute Gasteiger partial charge is 0.455 e. The summed E-state index contributed by atoms with van der Waals surface area (Å²) < 4.78 is 22.0. The lowest BCUT2D eigenvalue weighted by Crippen LogP contribution is -2.00. The van der Waals surface area contributed by atoms with Crippen LogP contribution in [0.25, 0.3) is 0 Å². The Morgan fingerprint density at radius 2 is 1.82 bits per heavy atom. The number of rotatable bonds is 0. The standard InChI is InChI=1S/C8H5FO2/c9-8-5-10-6-3-1-2-4-7(6)11-8/h1-5H. The van der Waals surface area contributed by atoms with Crippen molar-refractivity contribution in [1.29, 1.82) is 0 Å². The molecule has 0 unspecified atom stereocenters. The second-order valence-corrected chi connectivity index (χ2v) is 2.09. The van der Waals surface area contributed by atoms with Gasteiger partial charge in [-0.3, -0.25) is 0 Å². The zero-order valence-electron chi connectivity index (χ0n) is 5.58. The van der Waals surface area contributed by atoms with E-state index in [9.17, 15) is 4.39 Å². The summed E-state index contributed by atoms with van der Waals surface area (Å²) in [4.78, 5) is 0. The molecular weight excluding hydrogens is 147 g/mol. The molecule has 0 aliphatic carbocycles. The summed E-state index contributed by atoms with van der Waals surface area (Å²) in [5.74, 6) is 0.946. The van der Waals surface area contributed by atoms with Crippen molar-refractivity contribution < 1.29 is 13.9 Å². The van der Waals surface area contributed by atoms with Crippen LogP contribution in [-0.2, 0) is 0 Å². The molecule has 0 atom stereocenters. The average Bonchev–Trinajstić information content (AvgIpc) is 2.04. The second kappa shape index (κ2) is 2.27. The van der Waals surface area contributed by atoms with Gasteiger partial charge in [-0.05, 0) is 12.1 Å². The molecule has 2 rings (SSSR count). The molecule has 3 heteroatoms. The quantitative estimate of drug-likeness (QED) is 0.567. The molecule has 1 aromatic carbocycles. The Labute approximate surface area is 62.9 Å². The van der Waals surface area contributed by atoms with Crippen molar-refractivity contribution in [2.75, 3.05) is 0 Å². The third kappa shape index (κ3) is 1.05. The Bertz CT molecular complexity index is 307. The SMILES string of the molecule is FC1=COc2ccccc2O1. The minimum absolute atomic E-state index is 0.410. The highest BCUT2D eigenvalue weighted by Gasteiger charge is 2.11. The molecule has 1 aromatic rings. The summed E-state index contributed by atoms with van der Waals surface area (Å²) in [6.45, 7) is 0. The molecule has 0 spiro atoms.